The SMILES string of the molecule is Cc1nc2cc(NC(=O)/C=C/c3ccco3)ccc2o1. The van der Waals surface area contributed by atoms with Crippen LogP contribution in [0.5, 0.6) is 0 Å². The summed E-state index contributed by atoms with van der Waals surface area (Å²) in [4.78, 5) is 16.0. The second-order valence-corrected chi connectivity index (χ2v) is 4.25. The highest BCUT2D eigenvalue weighted by molar-refractivity contribution is 6.02. The quantitative estimate of drug-likeness (QED) is 0.739. The highest BCUT2D eigenvalue weighted by Crippen LogP contribution is 2.19. The first-order chi connectivity index (χ1) is 9.70. The number of aromatic nitrogens is 1. The summed E-state index contributed by atoms with van der Waals surface area (Å²) in [7, 11) is 0. The van der Waals surface area contributed by atoms with Crippen LogP contribution in [-0.4, -0.2) is 10.9 Å². The van der Waals surface area contributed by atoms with Crippen LogP contribution in [0.4, 0.5) is 5.69 Å². The lowest BCUT2D eigenvalue weighted by molar-refractivity contribution is -0.111. The number of carbonyl (C=O) groups is 1. The Labute approximate surface area is 114 Å². The molecule has 0 saturated carbocycles. The number of aryl methyl sites for hydroxylation is 1. The summed E-state index contributed by atoms with van der Waals surface area (Å²) >= 11 is 0. The molecule has 100 valence electrons. The van der Waals surface area contributed by atoms with Gasteiger partial charge in [0.05, 0.1) is 6.26 Å². The molecule has 0 radical (unpaired) electrons. The van der Waals surface area contributed by atoms with Crippen LogP contribution < -0.4 is 5.32 Å². The molecule has 0 aliphatic heterocycles. The summed E-state index contributed by atoms with van der Waals surface area (Å²) in [5.41, 5.74) is 2.09. The maximum absolute atomic E-state index is 11.8. The summed E-state index contributed by atoms with van der Waals surface area (Å²) in [6.45, 7) is 1.78. The highest BCUT2D eigenvalue weighted by Gasteiger charge is 2.04. The van der Waals surface area contributed by atoms with Gasteiger partial charge in [-0.2, -0.15) is 0 Å². The molecule has 0 atom stereocenters. The number of fused-ring (bicyclic) bond motifs is 1. The van der Waals surface area contributed by atoms with Crippen LogP contribution in [0.1, 0.15) is 11.7 Å². The third kappa shape index (κ3) is 2.61. The number of hydrogen-bond acceptors (Lipinski definition) is 4. The van der Waals surface area contributed by atoms with Crippen molar-refractivity contribution in [1.82, 2.24) is 4.98 Å². The van der Waals surface area contributed by atoms with Crippen molar-refractivity contribution in [3.05, 3.63) is 54.3 Å². The van der Waals surface area contributed by atoms with Gasteiger partial charge in [0.25, 0.3) is 0 Å². The fraction of sp³-hybridized carbons (Fsp3) is 0.0667. The van der Waals surface area contributed by atoms with E-state index >= 15 is 0 Å². The number of benzene rings is 1. The van der Waals surface area contributed by atoms with E-state index in [9.17, 15) is 4.79 Å². The largest absolute Gasteiger partial charge is 0.465 e. The van der Waals surface area contributed by atoms with Crippen molar-refractivity contribution in [2.75, 3.05) is 5.32 Å². The molecule has 2 aromatic heterocycles. The van der Waals surface area contributed by atoms with Gasteiger partial charge in [0.1, 0.15) is 11.3 Å². The maximum Gasteiger partial charge on any atom is 0.248 e. The van der Waals surface area contributed by atoms with Gasteiger partial charge in [-0.1, -0.05) is 0 Å². The second-order valence-electron chi connectivity index (χ2n) is 4.25. The molecule has 2 heterocycles. The number of nitrogens with one attached hydrogen (secondary N) is 1. The molecule has 0 unspecified atom stereocenters. The van der Waals surface area contributed by atoms with Crippen molar-refractivity contribution in [3.63, 3.8) is 0 Å². The van der Waals surface area contributed by atoms with Crippen molar-refractivity contribution in [3.8, 4) is 0 Å². The van der Waals surface area contributed by atoms with E-state index in [2.05, 4.69) is 10.3 Å². The highest BCUT2D eigenvalue weighted by atomic mass is 16.3. The van der Waals surface area contributed by atoms with Gasteiger partial charge in [0.2, 0.25) is 5.91 Å². The summed E-state index contributed by atoms with van der Waals surface area (Å²) in [6, 6.07) is 8.85. The number of nitrogens with zero attached hydrogens (tertiary/aromatic N) is 1. The summed E-state index contributed by atoms with van der Waals surface area (Å²) < 4.78 is 10.5. The lowest BCUT2D eigenvalue weighted by Gasteiger charge is -2.00. The number of oxazole rings is 1. The van der Waals surface area contributed by atoms with Crippen molar-refractivity contribution >= 4 is 28.8 Å². The Hall–Kier alpha value is -2.82. The molecule has 0 spiro atoms. The van der Waals surface area contributed by atoms with Gasteiger partial charge in [-0.05, 0) is 36.4 Å². The zero-order chi connectivity index (χ0) is 13.9. The molecular formula is C15H12N2O3. The average molecular weight is 268 g/mol. The van der Waals surface area contributed by atoms with Gasteiger partial charge in [-0.15, -0.1) is 0 Å². The lowest BCUT2D eigenvalue weighted by atomic mass is 10.3. The second kappa shape index (κ2) is 5.05. The summed E-state index contributed by atoms with van der Waals surface area (Å²) in [5, 5.41) is 2.76. The minimum absolute atomic E-state index is 0.235. The molecule has 3 aromatic rings. The van der Waals surface area contributed by atoms with Gasteiger partial charge in [-0.3, -0.25) is 4.79 Å². The van der Waals surface area contributed by atoms with Crippen molar-refractivity contribution < 1.29 is 13.6 Å². The Morgan fingerprint density at radius 1 is 1.35 bits per heavy atom. The first-order valence-electron chi connectivity index (χ1n) is 6.10. The molecule has 1 N–H and O–H groups in total. The Kier molecular flexibility index (Phi) is 3.09. The molecule has 0 bridgehead atoms. The first-order valence-corrected chi connectivity index (χ1v) is 6.10. The van der Waals surface area contributed by atoms with Gasteiger partial charge in [0, 0.05) is 18.7 Å². The fourth-order valence-corrected chi connectivity index (χ4v) is 1.85. The van der Waals surface area contributed by atoms with Crippen molar-refractivity contribution in [2.24, 2.45) is 0 Å². The molecule has 5 heteroatoms. The Morgan fingerprint density at radius 2 is 2.25 bits per heavy atom. The predicted octanol–water partition coefficient (Wildman–Crippen LogP) is 3.38. The van der Waals surface area contributed by atoms with Crippen molar-refractivity contribution in [2.45, 2.75) is 6.92 Å². The monoisotopic (exact) mass is 268 g/mol. The zero-order valence-corrected chi connectivity index (χ0v) is 10.8. The van der Waals surface area contributed by atoms with Crippen LogP contribution in [0.3, 0.4) is 0 Å². The van der Waals surface area contributed by atoms with Crippen LogP contribution in [-0.2, 0) is 4.79 Å². The zero-order valence-electron chi connectivity index (χ0n) is 10.8. The summed E-state index contributed by atoms with van der Waals surface area (Å²) in [6.07, 6.45) is 4.57. The molecule has 0 aliphatic carbocycles. The third-order valence-corrected chi connectivity index (χ3v) is 2.70. The van der Waals surface area contributed by atoms with E-state index < -0.39 is 0 Å². The van der Waals surface area contributed by atoms with E-state index in [-0.39, 0.29) is 5.91 Å². The van der Waals surface area contributed by atoms with Crippen LogP contribution in [0.25, 0.3) is 17.2 Å². The molecule has 0 aliphatic rings. The Balaban J connectivity index is 1.73. The van der Waals surface area contributed by atoms with Gasteiger partial charge in [-0.25, -0.2) is 4.98 Å². The van der Waals surface area contributed by atoms with Crippen molar-refractivity contribution in [1.29, 1.82) is 0 Å². The number of hydrogen-bond donors (Lipinski definition) is 1. The Morgan fingerprint density at radius 3 is 3.05 bits per heavy atom. The third-order valence-electron chi connectivity index (χ3n) is 2.70. The number of amides is 1. The van der Waals surface area contributed by atoms with E-state index in [1.54, 1.807) is 49.6 Å². The number of furan rings is 1. The standard InChI is InChI=1S/C15H12N2O3/c1-10-16-13-9-11(4-6-14(13)20-10)17-15(18)7-5-12-3-2-8-19-12/h2-9H,1H3,(H,17,18)/b7-5+. The van der Waals surface area contributed by atoms with E-state index in [0.29, 0.717) is 22.9 Å². The normalized spacial score (nSPS) is 11.2. The molecule has 0 saturated heterocycles. The number of carbonyl (C=O) groups excluding carboxylic acids is 1. The van der Waals surface area contributed by atoms with Gasteiger partial charge < -0.3 is 14.2 Å². The molecule has 0 fully saturated rings. The lowest BCUT2D eigenvalue weighted by Crippen LogP contribution is -2.07. The molecule has 1 amide bonds. The minimum atomic E-state index is -0.235. The minimum Gasteiger partial charge on any atom is -0.465 e. The molecule has 3 rings (SSSR count). The van der Waals surface area contributed by atoms with E-state index in [0.717, 1.165) is 5.52 Å². The van der Waals surface area contributed by atoms with E-state index in [1.165, 1.54) is 6.08 Å². The van der Waals surface area contributed by atoms with Gasteiger partial charge in [0.15, 0.2) is 11.5 Å². The van der Waals surface area contributed by atoms with Crippen LogP contribution >= 0.6 is 0 Å². The topological polar surface area (TPSA) is 68.3 Å². The predicted molar refractivity (Wildman–Crippen MR) is 75.1 cm³/mol. The first kappa shape index (κ1) is 12.2. The van der Waals surface area contributed by atoms with Crippen LogP contribution in [0.15, 0.2) is 51.5 Å². The average Bonchev–Trinajstić information content (AvgIpc) is 3.04. The maximum atomic E-state index is 11.8. The number of anilines is 1. The molecule has 1 aromatic carbocycles. The van der Waals surface area contributed by atoms with Gasteiger partial charge >= 0.3 is 0 Å². The number of rotatable bonds is 3. The van der Waals surface area contributed by atoms with E-state index in [1.807, 2.05) is 0 Å². The summed E-state index contributed by atoms with van der Waals surface area (Å²) in [5.74, 6) is 0.991. The molecular weight excluding hydrogens is 256 g/mol. The van der Waals surface area contributed by atoms with Crippen LogP contribution in [0.2, 0.25) is 0 Å². The van der Waals surface area contributed by atoms with Crippen LogP contribution in [0, 0.1) is 6.92 Å². The van der Waals surface area contributed by atoms with E-state index in [4.69, 9.17) is 8.83 Å². The Bertz CT molecular complexity index is 770. The molecule has 5 nitrogen and oxygen atoms in total. The smallest absolute Gasteiger partial charge is 0.248 e. The molecule has 20 heavy (non-hydrogen) atoms. The fourth-order valence-electron chi connectivity index (χ4n) is 1.85.